The molecule has 0 radical (unpaired) electrons. The Hall–Kier alpha value is -3.00. The van der Waals surface area contributed by atoms with Gasteiger partial charge in [-0.05, 0) is 63.0 Å². The van der Waals surface area contributed by atoms with Crippen LogP contribution in [0.3, 0.4) is 0 Å². The summed E-state index contributed by atoms with van der Waals surface area (Å²) in [5, 5.41) is 12.9. The Morgan fingerprint density at radius 1 is 1.06 bits per heavy atom. The van der Waals surface area contributed by atoms with Gasteiger partial charge in [0, 0.05) is 12.5 Å². The first-order chi connectivity index (χ1) is 16.8. The molecule has 3 aromatic rings. The Morgan fingerprint density at radius 3 is 2.46 bits per heavy atom. The Labute approximate surface area is 221 Å². The molecule has 35 heavy (non-hydrogen) atoms. The molecule has 3 aromatic carbocycles. The fraction of sp³-hybridized carbons (Fsp3) is 0.154. The van der Waals surface area contributed by atoms with Crippen LogP contribution in [0.25, 0.3) is 6.08 Å². The molecule has 2 N–H and O–H groups in total. The van der Waals surface area contributed by atoms with Crippen LogP contribution in [-0.4, -0.2) is 30.1 Å². The number of halogens is 3. The largest absolute Gasteiger partial charge is 0.493 e. The predicted octanol–water partition coefficient (Wildman–Crippen LogP) is 6.17. The zero-order valence-electron chi connectivity index (χ0n) is 18.6. The lowest BCUT2D eigenvalue weighted by molar-refractivity contribution is -0.141. The molecule has 1 amide bonds. The van der Waals surface area contributed by atoms with Gasteiger partial charge < -0.3 is 19.9 Å². The molecule has 0 spiro atoms. The number of nitrogens with one attached hydrogen (secondary N) is 1. The summed E-state index contributed by atoms with van der Waals surface area (Å²) in [4.78, 5) is 24.0. The monoisotopic (exact) mass is 577 g/mol. The van der Waals surface area contributed by atoms with Gasteiger partial charge in [-0.15, -0.1) is 0 Å². The molecular formula is C26H22BrCl2NO5. The van der Waals surface area contributed by atoms with Crippen LogP contribution < -0.4 is 14.8 Å². The first kappa shape index (κ1) is 26.6. The van der Waals surface area contributed by atoms with Gasteiger partial charge in [0.25, 0.3) is 0 Å². The summed E-state index contributed by atoms with van der Waals surface area (Å²) < 4.78 is 12.0. The lowest BCUT2D eigenvalue weighted by Crippen LogP contribution is -2.41. The summed E-state index contributed by atoms with van der Waals surface area (Å²) in [5.74, 6) is -0.701. The van der Waals surface area contributed by atoms with Crippen molar-refractivity contribution in [1.29, 1.82) is 0 Å². The van der Waals surface area contributed by atoms with Crippen molar-refractivity contribution in [1.82, 2.24) is 5.32 Å². The van der Waals surface area contributed by atoms with Crippen LogP contribution in [0.2, 0.25) is 10.0 Å². The van der Waals surface area contributed by atoms with Gasteiger partial charge in [-0.1, -0.05) is 59.6 Å². The number of carboxylic acids is 1. The molecule has 0 aliphatic heterocycles. The van der Waals surface area contributed by atoms with Crippen LogP contribution >= 0.6 is 39.1 Å². The molecule has 182 valence electrons. The zero-order chi connectivity index (χ0) is 25.4. The molecule has 0 aromatic heterocycles. The summed E-state index contributed by atoms with van der Waals surface area (Å²) >= 11 is 15.5. The summed E-state index contributed by atoms with van der Waals surface area (Å²) in [6, 6.07) is 16.8. The third kappa shape index (κ3) is 7.75. The van der Waals surface area contributed by atoms with E-state index in [0.717, 1.165) is 11.1 Å². The number of carbonyl (C=O) groups excluding carboxylic acids is 1. The van der Waals surface area contributed by atoms with Crippen LogP contribution in [0.5, 0.6) is 11.5 Å². The first-order valence-electron chi connectivity index (χ1n) is 10.5. The van der Waals surface area contributed by atoms with Gasteiger partial charge in [-0.3, -0.25) is 4.79 Å². The lowest BCUT2D eigenvalue weighted by Gasteiger charge is -2.14. The molecule has 0 bridgehead atoms. The highest BCUT2D eigenvalue weighted by Gasteiger charge is 2.19. The molecule has 0 saturated carbocycles. The van der Waals surface area contributed by atoms with Crippen LogP contribution in [0.15, 0.2) is 71.2 Å². The topological polar surface area (TPSA) is 84.9 Å². The number of hydrogen-bond acceptors (Lipinski definition) is 4. The summed E-state index contributed by atoms with van der Waals surface area (Å²) in [6.07, 6.45) is 3.02. The van der Waals surface area contributed by atoms with Crippen LogP contribution in [0.4, 0.5) is 0 Å². The van der Waals surface area contributed by atoms with E-state index in [1.54, 1.807) is 30.3 Å². The van der Waals surface area contributed by atoms with Crippen LogP contribution in [0.1, 0.15) is 16.7 Å². The molecule has 0 saturated heterocycles. The summed E-state index contributed by atoms with van der Waals surface area (Å²) in [5.41, 5.74) is 2.30. The van der Waals surface area contributed by atoms with Crippen molar-refractivity contribution >= 4 is 57.1 Å². The van der Waals surface area contributed by atoms with Gasteiger partial charge in [0.1, 0.15) is 12.6 Å². The fourth-order valence-corrected chi connectivity index (χ4v) is 4.10. The number of carboxylic acid groups (broad SMARTS) is 1. The summed E-state index contributed by atoms with van der Waals surface area (Å²) in [6.45, 7) is 0.238. The predicted molar refractivity (Wildman–Crippen MR) is 140 cm³/mol. The molecule has 1 atom stereocenters. The second-order valence-electron chi connectivity index (χ2n) is 7.49. The van der Waals surface area contributed by atoms with E-state index in [4.69, 9.17) is 32.7 Å². The quantitative estimate of drug-likeness (QED) is 0.281. The number of amides is 1. The minimum Gasteiger partial charge on any atom is -0.493 e. The van der Waals surface area contributed by atoms with E-state index < -0.39 is 17.9 Å². The molecule has 1 unspecified atom stereocenters. The second kappa shape index (κ2) is 12.6. The van der Waals surface area contributed by atoms with Gasteiger partial charge in [0.05, 0.1) is 21.6 Å². The van der Waals surface area contributed by atoms with Gasteiger partial charge >= 0.3 is 5.97 Å². The maximum Gasteiger partial charge on any atom is 0.326 e. The van der Waals surface area contributed by atoms with E-state index >= 15 is 0 Å². The van der Waals surface area contributed by atoms with Crippen molar-refractivity contribution in [3.8, 4) is 11.5 Å². The van der Waals surface area contributed by atoms with Gasteiger partial charge in [-0.2, -0.15) is 0 Å². The Morgan fingerprint density at radius 2 is 1.80 bits per heavy atom. The minimum atomic E-state index is -1.11. The second-order valence-corrected chi connectivity index (χ2v) is 9.16. The van der Waals surface area contributed by atoms with E-state index in [-0.39, 0.29) is 13.0 Å². The number of carbonyl (C=O) groups is 2. The van der Waals surface area contributed by atoms with Crippen molar-refractivity contribution in [2.45, 2.75) is 19.1 Å². The third-order valence-corrected chi connectivity index (χ3v) is 6.27. The van der Waals surface area contributed by atoms with Crippen LogP contribution in [-0.2, 0) is 22.6 Å². The van der Waals surface area contributed by atoms with Gasteiger partial charge in [0.15, 0.2) is 11.5 Å². The molecule has 9 heteroatoms. The Bertz CT molecular complexity index is 1230. The van der Waals surface area contributed by atoms with Crippen molar-refractivity contribution in [3.05, 3.63) is 97.9 Å². The maximum atomic E-state index is 12.4. The lowest BCUT2D eigenvalue weighted by atomic mass is 10.1. The smallest absolute Gasteiger partial charge is 0.326 e. The highest BCUT2D eigenvalue weighted by molar-refractivity contribution is 9.10. The summed E-state index contributed by atoms with van der Waals surface area (Å²) in [7, 11) is 1.51. The van der Waals surface area contributed by atoms with E-state index in [1.165, 1.54) is 13.2 Å². The first-order valence-corrected chi connectivity index (χ1v) is 12.0. The highest BCUT2D eigenvalue weighted by Crippen LogP contribution is 2.37. The fourth-order valence-electron chi connectivity index (χ4n) is 3.20. The average molecular weight is 579 g/mol. The molecule has 0 aliphatic carbocycles. The zero-order valence-corrected chi connectivity index (χ0v) is 21.7. The third-order valence-electron chi connectivity index (χ3n) is 4.94. The van der Waals surface area contributed by atoms with Crippen molar-refractivity contribution in [3.63, 3.8) is 0 Å². The average Bonchev–Trinajstić information content (AvgIpc) is 2.84. The van der Waals surface area contributed by atoms with Gasteiger partial charge in [-0.25, -0.2) is 4.79 Å². The van der Waals surface area contributed by atoms with E-state index in [1.807, 2.05) is 36.4 Å². The van der Waals surface area contributed by atoms with Crippen LogP contribution in [0, 0.1) is 0 Å². The normalized spacial score (nSPS) is 11.8. The SMILES string of the molecule is COc1cc(/C=C/C(=O)NC(Cc2ccccc2)C(=O)O)cc(Br)c1OCc1ccc(Cl)c(Cl)c1. The number of benzene rings is 3. The van der Waals surface area contributed by atoms with Gasteiger partial charge in [0.2, 0.25) is 5.91 Å². The van der Waals surface area contributed by atoms with E-state index in [2.05, 4.69) is 21.2 Å². The Kier molecular flexibility index (Phi) is 9.60. The number of methoxy groups -OCH3 is 1. The minimum absolute atomic E-state index is 0.181. The molecule has 3 rings (SSSR count). The number of rotatable bonds is 10. The molecular weight excluding hydrogens is 557 g/mol. The standard InChI is InChI=1S/C26H22BrCl2NO5/c1-34-23-14-17(11-19(27)25(23)35-15-18-7-9-20(28)21(29)12-18)8-10-24(31)30-22(26(32)33)13-16-5-3-2-4-6-16/h2-12,14,22H,13,15H2,1H3,(H,30,31)(H,32,33)/b10-8+. The Balaban J connectivity index is 1.68. The highest BCUT2D eigenvalue weighted by atomic mass is 79.9. The number of aliphatic carboxylic acids is 1. The number of ether oxygens (including phenoxy) is 2. The van der Waals surface area contributed by atoms with E-state index in [0.29, 0.717) is 31.6 Å². The molecule has 0 heterocycles. The maximum absolute atomic E-state index is 12.4. The van der Waals surface area contributed by atoms with Crippen molar-refractivity contribution in [2.75, 3.05) is 7.11 Å². The molecule has 6 nitrogen and oxygen atoms in total. The molecule has 0 fully saturated rings. The molecule has 0 aliphatic rings. The number of hydrogen-bond donors (Lipinski definition) is 2. The van der Waals surface area contributed by atoms with Crippen molar-refractivity contribution < 1.29 is 24.2 Å². The van der Waals surface area contributed by atoms with Crippen molar-refractivity contribution in [2.24, 2.45) is 0 Å². The van der Waals surface area contributed by atoms with E-state index in [9.17, 15) is 14.7 Å².